The van der Waals surface area contributed by atoms with Crippen LogP contribution in [0.15, 0.2) is 28.7 Å². The summed E-state index contributed by atoms with van der Waals surface area (Å²) in [6.45, 7) is 2.04. The molecule has 0 aliphatic heterocycles. The molecule has 0 saturated heterocycles. The predicted molar refractivity (Wildman–Crippen MR) is 67.4 cm³/mol. The summed E-state index contributed by atoms with van der Waals surface area (Å²) in [5.41, 5.74) is 2.34. The number of aromatic nitrogens is 1. The van der Waals surface area contributed by atoms with E-state index in [0.717, 1.165) is 14.1 Å². The molecule has 1 heterocycles. The number of halogens is 1. The first-order valence-electron chi connectivity index (χ1n) is 4.12. The van der Waals surface area contributed by atoms with Crippen molar-refractivity contribution < 1.29 is 0 Å². The summed E-state index contributed by atoms with van der Waals surface area (Å²) in [7, 11) is 0. The fourth-order valence-electron chi connectivity index (χ4n) is 1.31. The average molecular weight is 286 g/mol. The summed E-state index contributed by atoms with van der Waals surface area (Å²) in [5, 5.41) is 0. The van der Waals surface area contributed by atoms with Gasteiger partial charge in [0.1, 0.15) is 0 Å². The van der Waals surface area contributed by atoms with Gasteiger partial charge >= 0.3 is 0 Å². The Morgan fingerprint density at radius 2 is 2.21 bits per heavy atom. The van der Waals surface area contributed by atoms with Crippen molar-refractivity contribution in [1.82, 2.24) is 4.98 Å². The van der Waals surface area contributed by atoms with Crippen molar-refractivity contribution >= 4 is 39.5 Å². The Balaban J connectivity index is 2.59. The molecule has 4 heteroatoms. The number of rotatable bonds is 1. The van der Waals surface area contributed by atoms with Gasteiger partial charge in [-0.1, -0.05) is 28.1 Å². The minimum absolute atomic E-state index is 0.831. The summed E-state index contributed by atoms with van der Waals surface area (Å²) in [4.78, 5) is 4.36. The fraction of sp³-hybridized carbons (Fsp3) is 0.100. The molecule has 0 aliphatic rings. The first-order valence-corrected chi connectivity index (χ1v) is 6.14. The van der Waals surface area contributed by atoms with Crippen LogP contribution in [0.25, 0.3) is 10.4 Å². The van der Waals surface area contributed by atoms with Gasteiger partial charge < -0.3 is 4.98 Å². The third kappa shape index (κ3) is 1.97. The van der Waals surface area contributed by atoms with Gasteiger partial charge in [0.2, 0.25) is 0 Å². The number of nitrogens with one attached hydrogen (secondary N) is 1. The molecule has 0 fully saturated rings. The Bertz CT molecular complexity index is 513. The van der Waals surface area contributed by atoms with Crippen LogP contribution in [0.2, 0.25) is 0 Å². The third-order valence-corrected chi connectivity index (χ3v) is 3.79. The minimum Gasteiger partial charge on any atom is -0.341 e. The number of thiazole rings is 1. The number of H-pyrrole nitrogens is 1. The van der Waals surface area contributed by atoms with Crippen molar-refractivity contribution in [3.63, 3.8) is 0 Å². The smallest absolute Gasteiger partial charge is 0.159 e. The highest BCUT2D eigenvalue weighted by Crippen LogP contribution is 2.29. The van der Waals surface area contributed by atoms with E-state index in [-0.39, 0.29) is 0 Å². The molecule has 14 heavy (non-hydrogen) atoms. The van der Waals surface area contributed by atoms with E-state index in [9.17, 15) is 0 Å². The Labute approximate surface area is 99.9 Å². The van der Waals surface area contributed by atoms with E-state index in [4.69, 9.17) is 12.2 Å². The molecule has 0 spiro atoms. The molecule has 2 rings (SSSR count). The van der Waals surface area contributed by atoms with Crippen LogP contribution >= 0.6 is 39.5 Å². The lowest BCUT2D eigenvalue weighted by atomic mass is 10.2. The molecule has 0 unspecified atom stereocenters. The molecule has 0 atom stereocenters. The zero-order valence-electron chi connectivity index (χ0n) is 7.50. The molecule has 0 aliphatic carbocycles. The van der Waals surface area contributed by atoms with E-state index in [1.165, 1.54) is 10.4 Å². The summed E-state index contributed by atoms with van der Waals surface area (Å²) in [5.74, 6) is 0. The molecule has 0 saturated carbocycles. The standard InChI is InChI=1S/C10H8BrNS2/c1-6-9(14-10(13)12-6)7-3-2-4-8(11)5-7/h2-5H,1H3,(H,12,13). The number of aromatic amines is 1. The summed E-state index contributed by atoms with van der Waals surface area (Å²) in [6.07, 6.45) is 0. The van der Waals surface area contributed by atoms with Crippen molar-refractivity contribution in [2.45, 2.75) is 6.92 Å². The lowest BCUT2D eigenvalue weighted by Gasteiger charge is -1.98. The molecule has 0 amide bonds. The maximum atomic E-state index is 5.10. The van der Waals surface area contributed by atoms with Crippen LogP contribution in [0.5, 0.6) is 0 Å². The van der Waals surface area contributed by atoms with E-state index in [0.29, 0.717) is 0 Å². The molecule has 0 bridgehead atoms. The highest BCUT2D eigenvalue weighted by molar-refractivity contribution is 9.10. The number of benzene rings is 1. The quantitative estimate of drug-likeness (QED) is 0.761. The number of aryl methyl sites for hydroxylation is 1. The van der Waals surface area contributed by atoms with Gasteiger partial charge in [-0.2, -0.15) is 0 Å². The van der Waals surface area contributed by atoms with Crippen molar-refractivity contribution in [2.75, 3.05) is 0 Å². The van der Waals surface area contributed by atoms with Crippen LogP contribution in [0.3, 0.4) is 0 Å². The van der Waals surface area contributed by atoms with Gasteiger partial charge in [0.15, 0.2) is 3.95 Å². The van der Waals surface area contributed by atoms with Gasteiger partial charge in [-0.25, -0.2) is 0 Å². The van der Waals surface area contributed by atoms with Crippen LogP contribution in [0, 0.1) is 10.9 Å². The lowest BCUT2D eigenvalue weighted by molar-refractivity contribution is 1.25. The first-order chi connectivity index (χ1) is 6.66. The van der Waals surface area contributed by atoms with E-state index < -0.39 is 0 Å². The SMILES string of the molecule is Cc1[nH]c(=S)sc1-c1cccc(Br)c1. The largest absolute Gasteiger partial charge is 0.341 e. The van der Waals surface area contributed by atoms with E-state index in [1.807, 2.05) is 19.1 Å². The molecular weight excluding hydrogens is 278 g/mol. The van der Waals surface area contributed by atoms with Crippen LogP contribution in [-0.2, 0) is 0 Å². The second-order valence-electron chi connectivity index (χ2n) is 2.98. The summed E-state index contributed by atoms with van der Waals surface area (Å²) in [6, 6.07) is 8.24. The molecule has 1 aromatic heterocycles. The number of hydrogen-bond acceptors (Lipinski definition) is 2. The second kappa shape index (κ2) is 3.96. The molecule has 72 valence electrons. The van der Waals surface area contributed by atoms with Crippen molar-refractivity contribution in [2.24, 2.45) is 0 Å². The van der Waals surface area contributed by atoms with Crippen LogP contribution < -0.4 is 0 Å². The minimum atomic E-state index is 0.831. The fourth-order valence-corrected chi connectivity index (χ4v) is 2.95. The molecule has 0 radical (unpaired) electrons. The number of hydrogen-bond donors (Lipinski definition) is 1. The van der Waals surface area contributed by atoms with Gasteiger partial charge in [0.25, 0.3) is 0 Å². The highest BCUT2D eigenvalue weighted by atomic mass is 79.9. The highest BCUT2D eigenvalue weighted by Gasteiger charge is 2.04. The molecular formula is C10H8BrNS2. The average Bonchev–Trinajstić information content (AvgIpc) is 2.45. The Morgan fingerprint density at radius 1 is 1.43 bits per heavy atom. The lowest BCUT2D eigenvalue weighted by Crippen LogP contribution is -1.77. The molecule has 1 aromatic carbocycles. The Hall–Kier alpha value is -0.450. The Morgan fingerprint density at radius 3 is 2.79 bits per heavy atom. The molecule has 1 N–H and O–H groups in total. The van der Waals surface area contributed by atoms with Crippen molar-refractivity contribution in [3.05, 3.63) is 38.4 Å². The first kappa shape index (κ1) is 10.1. The second-order valence-corrected chi connectivity index (χ2v) is 5.58. The van der Waals surface area contributed by atoms with E-state index in [1.54, 1.807) is 11.3 Å². The van der Waals surface area contributed by atoms with E-state index in [2.05, 4.69) is 33.0 Å². The van der Waals surface area contributed by atoms with Crippen LogP contribution in [0.1, 0.15) is 5.69 Å². The van der Waals surface area contributed by atoms with Gasteiger partial charge in [0, 0.05) is 10.2 Å². The predicted octanol–water partition coefficient (Wildman–Crippen LogP) is 4.54. The maximum Gasteiger partial charge on any atom is 0.159 e. The summed E-state index contributed by atoms with van der Waals surface area (Å²) < 4.78 is 1.92. The van der Waals surface area contributed by atoms with Crippen molar-refractivity contribution in [1.29, 1.82) is 0 Å². The van der Waals surface area contributed by atoms with E-state index >= 15 is 0 Å². The molecule has 1 nitrogen and oxygen atoms in total. The Kier molecular flexibility index (Phi) is 2.85. The molecule has 2 aromatic rings. The van der Waals surface area contributed by atoms with Gasteiger partial charge in [-0.15, -0.1) is 11.3 Å². The van der Waals surface area contributed by atoms with Gasteiger partial charge in [-0.3, -0.25) is 0 Å². The van der Waals surface area contributed by atoms with Crippen molar-refractivity contribution in [3.8, 4) is 10.4 Å². The van der Waals surface area contributed by atoms with Crippen LogP contribution in [-0.4, -0.2) is 4.98 Å². The van der Waals surface area contributed by atoms with Gasteiger partial charge in [0.05, 0.1) is 4.88 Å². The summed E-state index contributed by atoms with van der Waals surface area (Å²) >= 11 is 10.2. The normalized spacial score (nSPS) is 10.4. The van der Waals surface area contributed by atoms with Crippen LogP contribution in [0.4, 0.5) is 0 Å². The zero-order chi connectivity index (χ0) is 10.1. The topological polar surface area (TPSA) is 15.8 Å². The zero-order valence-corrected chi connectivity index (χ0v) is 10.7. The monoisotopic (exact) mass is 285 g/mol. The van der Waals surface area contributed by atoms with Gasteiger partial charge in [-0.05, 0) is 36.8 Å². The third-order valence-electron chi connectivity index (χ3n) is 1.91. The maximum absolute atomic E-state index is 5.10.